The molecule has 4 nitrogen and oxygen atoms in total. The van der Waals surface area contributed by atoms with Crippen molar-refractivity contribution in [3.05, 3.63) is 35.4 Å². The van der Waals surface area contributed by atoms with Gasteiger partial charge < -0.3 is 10.1 Å². The molecule has 0 aliphatic heterocycles. The summed E-state index contributed by atoms with van der Waals surface area (Å²) in [5.41, 5.74) is 2.67. The highest BCUT2D eigenvalue weighted by Crippen LogP contribution is 2.14. The number of nitrogens with one attached hydrogen (secondary N) is 1. The molecule has 0 heterocycles. The second-order valence-corrected chi connectivity index (χ2v) is 5.46. The van der Waals surface area contributed by atoms with Crippen molar-refractivity contribution in [2.75, 3.05) is 6.61 Å². The van der Waals surface area contributed by atoms with Gasteiger partial charge in [0.05, 0.1) is 12.6 Å². The summed E-state index contributed by atoms with van der Waals surface area (Å²) in [7, 11) is 0. The number of alkyl carbamates (subject to hydrolysis) is 1. The van der Waals surface area contributed by atoms with E-state index in [4.69, 9.17) is 4.74 Å². The number of unbranched alkanes of at least 4 members (excludes halogenated alkanes) is 1. The number of aryl methyl sites for hydroxylation is 2. The zero-order valence-corrected chi connectivity index (χ0v) is 12.6. The highest BCUT2D eigenvalue weighted by atomic mass is 16.5. The normalized spacial score (nSPS) is 17.2. The molecule has 1 aliphatic rings. The van der Waals surface area contributed by atoms with Crippen LogP contribution in [0.1, 0.15) is 43.7 Å². The van der Waals surface area contributed by atoms with Crippen LogP contribution in [0.15, 0.2) is 24.3 Å². The van der Waals surface area contributed by atoms with Crippen molar-refractivity contribution < 1.29 is 14.3 Å². The highest BCUT2D eigenvalue weighted by Gasteiger charge is 2.29. The predicted molar refractivity (Wildman–Crippen MR) is 81.3 cm³/mol. The Bertz CT molecular complexity index is 481. The monoisotopic (exact) mass is 289 g/mol. The summed E-state index contributed by atoms with van der Waals surface area (Å²) in [4.78, 5) is 22.5. The Hall–Kier alpha value is -1.84. The van der Waals surface area contributed by atoms with E-state index in [9.17, 15) is 9.59 Å². The molecule has 1 aromatic rings. The number of carbonyl (C=O) groups is 2. The summed E-state index contributed by atoms with van der Waals surface area (Å²) in [6.07, 6.45) is 4.72. The first-order valence-corrected chi connectivity index (χ1v) is 7.73. The van der Waals surface area contributed by atoms with Gasteiger partial charge in [0.25, 0.3) is 0 Å². The summed E-state index contributed by atoms with van der Waals surface area (Å²) in [6, 6.07) is 8.34. The standard InChI is InChI=1S/C17H23NO3/c1-2-13-6-8-14(9-7-13)5-3-4-12-21-17(20)18-15-10-11-16(15)19/h6-9,15H,2-5,10-12H2,1H3,(H,18,20)/t15-/m0/s1. The first-order chi connectivity index (χ1) is 10.2. The predicted octanol–water partition coefficient (Wildman–Crippen LogP) is 3.03. The van der Waals surface area contributed by atoms with Crippen molar-refractivity contribution in [3.63, 3.8) is 0 Å². The Labute approximate surface area is 125 Å². The SMILES string of the molecule is CCc1ccc(CCCCOC(=O)N[C@H]2CCC2=O)cc1. The number of benzene rings is 1. The lowest BCUT2D eigenvalue weighted by molar-refractivity contribution is -0.126. The van der Waals surface area contributed by atoms with Crippen LogP contribution in [0.2, 0.25) is 0 Å². The molecule has 0 unspecified atom stereocenters. The number of rotatable bonds is 7. The van der Waals surface area contributed by atoms with E-state index >= 15 is 0 Å². The molecule has 0 radical (unpaired) electrons. The fourth-order valence-corrected chi connectivity index (χ4v) is 2.28. The number of hydrogen-bond acceptors (Lipinski definition) is 3. The van der Waals surface area contributed by atoms with E-state index in [-0.39, 0.29) is 11.8 Å². The van der Waals surface area contributed by atoms with Gasteiger partial charge >= 0.3 is 6.09 Å². The number of ether oxygens (including phenoxy) is 1. The van der Waals surface area contributed by atoms with Gasteiger partial charge in [-0.3, -0.25) is 4.79 Å². The molecule has 1 atom stereocenters. The van der Waals surface area contributed by atoms with E-state index in [1.165, 1.54) is 11.1 Å². The van der Waals surface area contributed by atoms with Gasteiger partial charge in [0.15, 0.2) is 5.78 Å². The van der Waals surface area contributed by atoms with Crippen LogP contribution in [0.25, 0.3) is 0 Å². The topological polar surface area (TPSA) is 55.4 Å². The number of Topliss-reactive ketones (excluding diaryl/α,β-unsaturated/α-hetero) is 1. The van der Waals surface area contributed by atoms with Crippen LogP contribution in [0, 0.1) is 0 Å². The van der Waals surface area contributed by atoms with Crippen molar-refractivity contribution in [1.82, 2.24) is 5.32 Å². The lowest BCUT2D eigenvalue weighted by Gasteiger charge is -2.24. The largest absolute Gasteiger partial charge is 0.450 e. The minimum absolute atomic E-state index is 0.0995. The maximum absolute atomic E-state index is 11.4. The first kappa shape index (κ1) is 15.5. The number of ketones is 1. The Balaban J connectivity index is 1.54. The molecule has 21 heavy (non-hydrogen) atoms. The van der Waals surface area contributed by atoms with Crippen molar-refractivity contribution in [3.8, 4) is 0 Å². The van der Waals surface area contributed by atoms with Crippen molar-refractivity contribution in [2.45, 2.75) is 51.5 Å². The van der Waals surface area contributed by atoms with Crippen LogP contribution >= 0.6 is 0 Å². The molecule has 1 saturated carbocycles. The molecular formula is C17H23NO3. The van der Waals surface area contributed by atoms with Gasteiger partial charge in [0, 0.05) is 6.42 Å². The molecule has 0 saturated heterocycles. The van der Waals surface area contributed by atoms with E-state index in [1.54, 1.807) is 0 Å². The summed E-state index contributed by atoms with van der Waals surface area (Å²) < 4.78 is 5.07. The van der Waals surface area contributed by atoms with Crippen LogP contribution < -0.4 is 5.32 Å². The van der Waals surface area contributed by atoms with Crippen molar-refractivity contribution >= 4 is 11.9 Å². The van der Waals surface area contributed by atoms with E-state index in [0.717, 1.165) is 32.1 Å². The Morgan fingerprint density at radius 2 is 1.95 bits per heavy atom. The minimum atomic E-state index is -0.472. The summed E-state index contributed by atoms with van der Waals surface area (Å²) in [5.74, 6) is 0.0995. The van der Waals surface area contributed by atoms with Crippen LogP contribution in [-0.4, -0.2) is 24.5 Å². The van der Waals surface area contributed by atoms with E-state index in [1.807, 2.05) is 0 Å². The molecule has 1 aliphatic carbocycles. The van der Waals surface area contributed by atoms with Crippen LogP contribution in [0.4, 0.5) is 4.79 Å². The number of amides is 1. The van der Waals surface area contributed by atoms with E-state index in [2.05, 4.69) is 36.5 Å². The van der Waals surface area contributed by atoms with Gasteiger partial charge in [-0.1, -0.05) is 31.2 Å². The minimum Gasteiger partial charge on any atom is -0.450 e. The lowest BCUT2D eigenvalue weighted by atomic mass is 9.91. The van der Waals surface area contributed by atoms with Gasteiger partial charge in [0.2, 0.25) is 0 Å². The molecule has 2 rings (SSSR count). The average Bonchev–Trinajstić information content (AvgIpc) is 2.51. The first-order valence-electron chi connectivity index (χ1n) is 7.73. The fourth-order valence-electron chi connectivity index (χ4n) is 2.28. The maximum atomic E-state index is 11.4. The van der Waals surface area contributed by atoms with E-state index < -0.39 is 6.09 Å². The smallest absolute Gasteiger partial charge is 0.407 e. The summed E-state index contributed by atoms with van der Waals surface area (Å²) in [6.45, 7) is 2.55. The molecule has 1 aromatic carbocycles. The van der Waals surface area contributed by atoms with Crippen LogP contribution in [0.3, 0.4) is 0 Å². The fraction of sp³-hybridized carbons (Fsp3) is 0.529. The van der Waals surface area contributed by atoms with E-state index in [0.29, 0.717) is 13.0 Å². The third-order valence-corrected chi connectivity index (χ3v) is 3.88. The van der Waals surface area contributed by atoms with Gasteiger partial charge in [-0.2, -0.15) is 0 Å². The average molecular weight is 289 g/mol. The zero-order valence-electron chi connectivity index (χ0n) is 12.6. The van der Waals surface area contributed by atoms with Crippen LogP contribution in [0.5, 0.6) is 0 Å². The summed E-state index contributed by atoms with van der Waals surface area (Å²) in [5, 5.41) is 2.58. The third-order valence-electron chi connectivity index (χ3n) is 3.88. The number of carbonyl (C=O) groups excluding carboxylic acids is 2. The zero-order chi connectivity index (χ0) is 15.1. The lowest BCUT2D eigenvalue weighted by Crippen LogP contribution is -2.47. The second kappa shape index (κ2) is 7.81. The molecule has 1 N–H and O–H groups in total. The second-order valence-electron chi connectivity index (χ2n) is 5.46. The third kappa shape index (κ3) is 4.88. The van der Waals surface area contributed by atoms with Gasteiger partial charge in [-0.25, -0.2) is 4.79 Å². The van der Waals surface area contributed by atoms with Crippen molar-refractivity contribution in [1.29, 1.82) is 0 Å². The summed E-state index contributed by atoms with van der Waals surface area (Å²) >= 11 is 0. The quantitative estimate of drug-likeness (QED) is 0.785. The van der Waals surface area contributed by atoms with Gasteiger partial charge in [-0.05, 0) is 43.2 Å². The molecule has 114 valence electrons. The Kier molecular flexibility index (Phi) is 5.78. The molecule has 0 bridgehead atoms. The molecular weight excluding hydrogens is 266 g/mol. The highest BCUT2D eigenvalue weighted by molar-refractivity contribution is 5.92. The van der Waals surface area contributed by atoms with Crippen molar-refractivity contribution in [2.24, 2.45) is 0 Å². The van der Waals surface area contributed by atoms with Crippen LogP contribution in [-0.2, 0) is 22.4 Å². The molecule has 0 spiro atoms. The maximum Gasteiger partial charge on any atom is 0.407 e. The molecule has 4 heteroatoms. The number of hydrogen-bond donors (Lipinski definition) is 1. The molecule has 1 fully saturated rings. The molecule has 0 aromatic heterocycles. The van der Waals surface area contributed by atoms with Gasteiger partial charge in [-0.15, -0.1) is 0 Å². The Morgan fingerprint density at radius 1 is 1.24 bits per heavy atom. The Morgan fingerprint density at radius 3 is 2.52 bits per heavy atom. The van der Waals surface area contributed by atoms with Gasteiger partial charge in [0.1, 0.15) is 0 Å². The molecule has 1 amide bonds.